The second kappa shape index (κ2) is 7.41. The molecular formula is C18H26N2O. The molecule has 1 atom stereocenters. The van der Waals surface area contributed by atoms with Gasteiger partial charge in [0.05, 0.1) is 12.8 Å². The van der Waals surface area contributed by atoms with Crippen molar-refractivity contribution in [2.75, 3.05) is 7.11 Å². The summed E-state index contributed by atoms with van der Waals surface area (Å²) in [6.07, 6.45) is 2.42. The SMILES string of the molecule is CCC(CC)C(C)NCc1ccc2cccc(OC)c2n1. The van der Waals surface area contributed by atoms with E-state index in [0.29, 0.717) is 6.04 Å². The molecule has 0 saturated carbocycles. The van der Waals surface area contributed by atoms with Crippen LogP contribution >= 0.6 is 0 Å². The minimum absolute atomic E-state index is 0.509. The van der Waals surface area contributed by atoms with Gasteiger partial charge >= 0.3 is 0 Å². The van der Waals surface area contributed by atoms with Crippen LogP contribution in [0.3, 0.4) is 0 Å². The fourth-order valence-electron chi connectivity index (χ4n) is 2.85. The van der Waals surface area contributed by atoms with Crippen LogP contribution in [0.25, 0.3) is 10.9 Å². The molecule has 1 unspecified atom stereocenters. The average Bonchev–Trinajstić information content (AvgIpc) is 2.53. The van der Waals surface area contributed by atoms with Gasteiger partial charge in [0, 0.05) is 18.0 Å². The Hall–Kier alpha value is -1.61. The van der Waals surface area contributed by atoms with Crippen LogP contribution in [0.1, 0.15) is 39.3 Å². The third-order valence-electron chi connectivity index (χ3n) is 4.32. The Bertz CT molecular complexity index is 578. The highest BCUT2D eigenvalue weighted by molar-refractivity contribution is 5.84. The number of pyridine rings is 1. The highest BCUT2D eigenvalue weighted by Gasteiger charge is 2.13. The first-order valence-corrected chi connectivity index (χ1v) is 7.85. The molecule has 3 heteroatoms. The van der Waals surface area contributed by atoms with E-state index in [-0.39, 0.29) is 0 Å². The molecule has 2 rings (SSSR count). The van der Waals surface area contributed by atoms with Crippen LogP contribution in [0.4, 0.5) is 0 Å². The Morgan fingerprint density at radius 3 is 2.57 bits per heavy atom. The number of ether oxygens (including phenoxy) is 1. The average molecular weight is 286 g/mol. The third kappa shape index (κ3) is 3.73. The number of hydrogen-bond donors (Lipinski definition) is 1. The topological polar surface area (TPSA) is 34.1 Å². The number of para-hydroxylation sites is 1. The number of nitrogens with zero attached hydrogens (tertiary/aromatic N) is 1. The molecule has 0 bridgehead atoms. The highest BCUT2D eigenvalue weighted by atomic mass is 16.5. The van der Waals surface area contributed by atoms with Gasteiger partial charge in [-0.25, -0.2) is 4.98 Å². The second-order valence-corrected chi connectivity index (χ2v) is 5.58. The van der Waals surface area contributed by atoms with Gasteiger partial charge in [-0.2, -0.15) is 0 Å². The number of nitrogens with one attached hydrogen (secondary N) is 1. The number of benzene rings is 1. The molecule has 1 aromatic carbocycles. The largest absolute Gasteiger partial charge is 0.494 e. The lowest BCUT2D eigenvalue weighted by molar-refractivity contribution is 0.352. The number of fused-ring (bicyclic) bond motifs is 1. The Labute approximate surface area is 127 Å². The molecule has 0 aliphatic rings. The Morgan fingerprint density at radius 1 is 1.14 bits per heavy atom. The summed E-state index contributed by atoms with van der Waals surface area (Å²) in [6, 6.07) is 10.7. The molecule has 0 amide bonds. The second-order valence-electron chi connectivity index (χ2n) is 5.58. The lowest BCUT2D eigenvalue weighted by Gasteiger charge is -2.22. The highest BCUT2D eigenvalue weighted by Crippen LogP contribution is 2.23. The van der Waals surface area contributed by atoms with E-state index in [1.807, 2.05) is 12.1 Å². The standard InChI is InChI=1S/C18H26N2O/c1-5-14(6-2)13(3)19-12-16-11-10-15-8-7-9-17(21-4)18(15)20-16/h7-11,13-14,19H,5-6,12H2,1-4H3. The van der Waals surface area contributed by atoms with Crippen LogP contribution in [0.2, 0.25) is 0 Å². The molecule has 1 aromatic heterocycles. The van der Waals surface area contributed by atoms with E-state index in [1.165, 1.54) is 12.8 Å². The van der Waals surface area contributed by atoms with Crippen LogP contribution in [-0.2, 0) is 6.54 Å². The maximum atomic E-state index is 5.40. The van der Waals surface area contributed by atoms with E-state index in [9.17, 15) is 0 Å². The molecule has 3 nitrogen and oxygen atoms in total. The van der Waals surface area contributed by atoms with Crippen molar-refractivity contribution in [3.63, 3.8) is 0 Å². The third-order valence-corrected chi connectivity index (χ3v) is 4.32. The van der Waals surface area contributed by atoms with E-state index >= 15 is 0 Å². The first-order chi connectivity index (χ1) is 10.2. The zero-order valence-electron chi connectivity index (χ0n) is 13.5. The van der Waals surface area contributed by atoms with Gasteiger partial charge in [0.2, 0.25) is 0 Å². The number of aromatic nitrogens is 1. The molecule has 2 aromatic rings. The zero-order valence-corrected chi connectivity index (χ0v) is 13.5. The minimum Gasteiger partial charge on any atom is -0.494 e. The maximum absolute atomic E-state index is 5.40. The van der Waals surface area contributed by atoms with Crippen molar-refractivity contribution in [2.45, 2.75) is 46.2 Å². The fraction of sp³-hybridized carbons (Fsp3) is 0.500. The normalized spacial score (nSPS) is 12.8. The van der Waals surface area contributed by atoms with Gasteiger partial charge in [-0.1, -0.05) is 44.9 Å². The van der Waals surface area contributed by atoms with Crippen LogP contribution in [0.5, 0.6) is 5.75 Å². The maximum Gasteiger partial charge on any atom is 0.145 e. The quantitative estimate of drug-likeness (QED) is 0.830. The van der Waals surface area contributed by atoms with Crippen molar-refractivity contribution in [3.8, 4) is 5.75 Å². The number of rotatable bonds is 7. The lowest BCUT2D eigenvalue weighted by atomic mass is 9.95. The minimum atomic E-state index is 0.509. The van der Waals surface area contributed by atoms with Crippen LogP contribution in [0.15, 0.2) is 30.3 Å². The summed E-state index contributed by atoms with van der Waals surface area (Å²) < 4.78 is 5.40. The van der Waals surface area contributed by atoms with E-state index in [2.05, 4.69) is 44.3 Å². The summed E-state index contributed by atoms with van der Waals surface area (Å²) in [7, 11) is 1.69. The molecule has 0 aliphatic carbocycles. The molecule has 114 valence electrons. The molecule has 0 aliphatic heterocycles. The number of methoxy groups -OCH3 is 1. The Morgan fingerprint density at radius 2 is 1.90 bits per heavy atom. The monoisotopic (exact) mass is 286 g/mol. The van der Waals surface area contributed by atoms with Gasteiger partial charge in [0.15, 0.2) is 0 Å². The van der Waals surface area contributed by atoms with Gasteiger partial charge in [-0.15, -0.1) is 0 Å². The first-order valence-electron chi connectivity index (χ1n) is 7.85. The molecule has 1 heterocycles. The van der Waals surface area contributed by atoms with Crippen LogP contribution in [0, 0.1) is 5.92 Å². The van der Waals surface area contributed by atoms with Gasteiger partial charge in [0.25, 0.3) is 0 Å². The van der Waals surface area contributed by atoms with Gasteiger partial charge in [-0.05, 0) is 25.0 Å². The smallest absolute Gasteiger partial charge is 0.145 e. The molecule has 0 fully saturated rings. The van der Waals surface area contributed by atoms with Crippen molar-refractivity contribution in [1.29, 1.82) is 0 Å². The van der Waals surface area contributed by atoms with E-state index in [1.54, 1.807) is 7.11 Å². The predicted molar refractivity (Wildman–Crippen MR) is 88.7 cm³/mol. The summed E-state index contributed by atoms with van der Waals surface area (Å²) in [5, 5.41) is 4.72. The van der Waals surface area contributed by atoms with Crippen molar-refractivity contribution in [3.05, 3.63) is 36.0 Å². The number of hydrogen-bond acceptors (Lipinski definition) is 3. The van der Waals surface area contributed by atoms with Gasteiger partial charge in [-0.3, -0.25) is 0 Å². The summed E-state index contributed by atoms with van der Waals surface area (Å²) in [5.41, 5.74) is 2.00. The molecular weight excluding hydrogens is 260 g/mol. The van der Waals surface area contributed by atoms with Crippen LogP contribution in [-0.4, -0.2) is 18.1 Å². The van der Waals surface area contributed by atoms with E-state index in [0.717, 1.165) is 34.8 Å². The van der Waals surface area contributed by atoms with Crippen molar-refractivity contribution < 1.29 is 4.74 Å². The van der Waals surface area contributed by atoms with Gasteiger partial charge in [0.1, 0.15) is 11.3 Å². The van der Waals surface area contributed by atoms with E-state index < -0.39 is 0 Å². The zero-order chi connectivity index (χ0) is 15.2. The predicted octanol–water partition coefficient (Wildman–Crippen LogP) is 4.16. The Balaban J connectivity index is 2.12. The van der Waals surface area contributed by atoms with Gasteiger partial charge < -0.3 is 10.1 Å². The fourth-order valence-corrected chi connectivity index (χ4v) is 2.85. The molecule has 0 radical (unpaired) electrons. The summed E-state index contributed by atoms with van der Waals surface area (Å²) in [5.74, 6) is 1.56. The molecule has 1 N–H and O–H groups in total. The summed E-state index contributed by atoms with van der Waals surface area (Å²) in [4.78, 5) is 4.74. The molecule has 0 spiro atoms. The summed E-state index contributed by atoms with van der Waals surface area (Å²) in [6.45, 7) is 7.57. The molecule has 0 saturated heterocycles. The van der Waals surface area contributed by atoms with Crippen LogP contribution < -0.4 is 10.1 Å². The first kappa shape index (κ1) is 15.8. The summed E-state index contributed by atoms with van der Waals surface area (Å²) >= 11 is 0. The van der Waals surface area contributed by atoms with E-state index in [4.69, 9.17) is 9.72 Å². The van der Waals surface area contributed by atoms with Crippen molar-refractivity contribution in [2.24, 2.45) is 5.92 Å². The Kier molecular flexibility index (Phi) is 5.57. The molecule has 21 heavy (non-hydrogen) atoms. The lowest BCUT2D eigenvalue weighted by Crippen LogP contribution is -2.32. The van der Waals surface area contributed by atoms with Crippen molar-refractivity contribution in [1.82, 2.24) is 10.3 Å². The van der Waals surface area contributed by atoms with Crippen molar-refractivity contribution >= 4 is 10.9 Å².